The van der Waals surface area contributed by atoms with Crippen molar-refractivity contribution in [2.75, 3.05) is 46.0 Å². The number of carbonyl (C=O) groups is 2. The Balaban J connectivity index is 1.36. The summed E-state index contributed by atoms with van der Waals surface area (Å²) in [6, 6.07) is 10.0. The Kier molecular flexibility index (Phi) is 7.66. The highest BCUT2D eigenvalue weighted by atomic mass is 16.5. The molecule has 1 atom stereocenters. The summed E-state index contributed by atoms with van der Waals surface area (Å²) >= 11 is 0. The van der Waals surface area contributed by atoms with Crippen LogP contribution in [-0.2, 0) is 25.7 Å². The van der Waals surface area contributed by atoms with E-state index < -0.39 is 0 Å². The molecule has 0 saturated carbocycles. The van der Waals surface area contributed by atoms with Gasteiger partial charge in [0.1, 0.15) is 0 Å². The van der Waals surface area contributed by atoms with Gasteiger partial charge in [-0.25, -0.2) is 0 Å². The summed E-state index contributed by atoms with van der Waals surface area (Å²) in [4.78, 5) is 28.9. The predicted molar refractivity (Wildman–Crippen MR) is 102 cm³/mol. The van der Waals surface area contributed by atoms with Crippen LogP contribution in [0.5, 0.6) is 0 Å². The second-order valence-electron chi connectivity index (χ2n) is 7.26. The zero-order valence-electron chi connectivity index (χ0n) is 16.0. The van der Waals surface area contributed by atoms with Gasteiger partial charge in [0.05, 0.1) is 25.7 Å². The Morgan fingerprint density at radius 3 is 2.63 bits per heavy atom. The van der Waals surface area contributed by atoms with E-state index in [9.17, 15) is 9.59 Å². The second kappa shape index (κ2) is 10.4. The lowest BCUT2D eigenvalue weighted by atomic mass is 9.96. The molecule has 0 aliphatic carbocycles. The molecule has 0 unspecified atom stereocenters. The number of piperidine rings is 1. The molecule has 2 saturated heterocycles. The summed E-state index contributed by atoms with van der Waals surface area (Å²) in [5.74, 6) is 0.259. The summed E-state index contributed by atoms with van der Waals surface area (Å²) in [5.41, 5.74) is 1.14. The fourth-order valence-electron chi connectivity index (χ4n) is 3.70. The summed E-state index contributed by atoms with van der Waals surface area (Å²) < 4.78 is 11.0. The number of hydrogen-bond acceptors (Lipinski definition) is 4. The molecule has 2 aliphatic heterocycles. The third-order valence-electron chi connectivity index (χ3n) is 5.24. The van der Waals surface area contributed by atoms with Gasteiger partial charge in [0, 0.05) is 39.2 Å². The Morgan fingerprint density at radius 2 is 1.85 bits per heavy atom. The molecule has 2 aliphatic rings. The van der Waals surface area contributed by atoms with Crippen LogP contribution < -0.4 is 0 Å². The highest BCUT2D eigenvalue weighted by molar-refractivity contribution is 5.81. The maximum absolute atomic E-state index is 12.7. The molecule has 1 aromatic rings. The fourth-order valence-corrected chi connectivity index (χ4v) is 3.70. The van der Waals surface area contributed by atoms with E-state index in [1.54, 1.807) is 0 Å². The van der Waals surface area contributed by atoms with E-state index in [2.05, 4.69) is 0 Å². The fraction of sp³-hybridized carbons (Fsp3) is 0.619. The summed E-state index contributed by atoms with van der Waals surface area (Å²) in [6.45, 7) is 5.04. The number of benzene rings is 1. The van der Waals surface area contributed by atoms with Crippen molar-refractivity contribution in [3.8, 4) is 0 Å². The Labute approximate surface area is 161 Å². The van der Waals surface area contributed by atoms with Crippen LogP contribution in [0.1, 0.15) is 31.2 Å². The second-order valence-corrected chi connectivity index (χ2v) is 7.26. The third kappa shape index (κ3) is 6.04. The van der Waals surface area contributed by atoms with E-state index >= 15 is 0 Å². The maximum atomic E-state index is 12.7. The Bertz CT molecular complexity index is 601. The van der Waals surface area contributed by atoms with E-state index in [0.29, 0.717) is 58.9 Å². The van der Waals surface area contributed by atoms with E-state index in [1.807, 2.05) is 40.1 Å². The van der Waals surface area contributed by atoms with Gasteiger partial charge < -0.3 is 19.3 Å². The van der Waals surface area contributed by atoms with E-state index in [1.165, 1.54) is 0 Å². The number of ether oxygens (including phenoxy) is 2. The molecule has 0 N–H and O–H groups in total. The number of carbonyl (C=O) groups excluding carboxylic acids is 2. The Hall–Kier alpha value is -1.92. The zero-order valence-corrected chi connectivity index (χ0v) is 16.0. The lowest BCUT2D eigenvalue weighted by Crippen LogP contribution is -2.49. The first-order valence-electron chi connectivity index (χ1n) is 10.00. The van der Waals surface area contributed by atoms with Crippen LogP contribution in [0.15, 0.2) is 30.3 Å². The molecule has 0 aromatic heterocycles. The molecule has 0 bridgehead atoms. The van der Waals surface area contributed by atoms with Crippen LogP contribution in [-0.4, -0.2) is 67.6 Å². The number of rotatable bonds is 7. The quantitative estimate of drug-likeness (QED) is 0.686. The highest BCUT2D eigenvalue weighted by Gasteiger charge is 2.31. The first-order valence-corrected chi connectivity index (χ1v) is 10.00. The number of likely N-dealkylation sites (tertiary alicyclic amines) is 1. The van der Waals surface area contributed by atoms with Crippen molar-refractivity contribution >= 4 is 11.8 Å². The van der Waals surface area contributed by atoms with Gasteiger partial charge in [-0.15, -0.1) is 0 Å². The molecule has 2 amide bonds. The molecular weight excluding hydrogens is 344 g/mol. The van der Waals surface area contributed by atoms with Crippen LogP contribution in [0.25, 0.3) is 0 Å². The molecule has 0 spiro atoms. The van der Waals surface area contributed by atoms with Gasteiger partial charge in [0.2, 0.25) is 11.8 Å². The van der Waals surface area contributed by atoms with Crippen LogP contribution in [0.2, 0.25) is 0 Å². The molecule has 148 valence electrons. The molecular formula is C21H30N2O4. The van der Waals surface area contributed by atoms with Crippen LogP contribution in [0.4, 0.5) is 0 Å². The smallest absolute Gasteiger partial charge is 0.227 e. The van der Waals surface area contributed by atoms with E-state index in [4.69, 9.17) is 9.47 Å². The molecule has 2 heterocycles. The number of hydrogen-bond donors (Lipinski definition) is 0. The van der Waals surface area contributed by atoms with E-state index in [-0.39, 0.29) is 17.7 Å². The van der Waals surface area contributed by atoms with Gasteiger partial charge in [-0.3, -0.25) is 9.59 Å². The topological polar surface area (TPSA) is 59.1 Å². The monoisotopic (exact) mass is 374 g/mol. The average Bonchev–Trinajstić information content (AvgIpc) is 2.74. The summed E-state index contributed by atoms with van der Waals surface area (Å²) in [5, 5.41) is 0. The van der Waals surface area contributed by atoms with Crippen molar-refractivity contribution in [2.24, 2.45) is 5.92 Å². The largest absolute Gasteiger partial charge is 0.378 e. The van der Waals surface area contributed by atoms with E-state index in [0.717, 1.165) is 24.9 Å². The van der Waals surface area contributed by atoms with Gasteiger partial charge >= 0.3 is 0 Å². The van der Waals surface area contributed by atoms with Crippen molar-refractivity contribution < 1.29 is 19.1 Å². The van der Waals surface area contributed by atoms with Crippen molar-refractivity contribution in [1.29, 1.82) is 0 Å². The minimum Gasteiger partial charge on any atom is -0.378 e. The molecule has 0 radical (unpaired) electrons. The van der Waals surface area contributed by atoms with Gasteiger partial charge in [0.15, 0.2) is 0 Å². The lowest BCUT2D eigenvalue weighted by Gasteiger charge is -2.36. The number of morpholine rings is 1. The van der Waals surface area contributed by atoms with Crippen LogP contribution >= 0.6 is 0 Å². The van der Waals surface area contributed by atoms with Gasteiger partial charge in [-0.1, -0.05) is 30.3 Å². The van der Waals surface area contributed by atoms with Gasteiger partial charge in [0.25, 0.3) is 0 Å². The van der Waals surface area contributed by atoms with Crippen molar-refractivity contribution in [3.63, 3.8) is 0 Å². The molecule has 3 rings (SSSR count). The Morgan fingerprint density at radius 1 is 1.07 bits per heavy atom. The number of nitrogens with zero attached hydrogens (tertiary/aromatic N) is 2. The summed E-state index contributed by atoms with van der Waals surface area (Å²) in [6.07, 6.45) is 2.97. The third-order valence-corrected chi connectivity index (χ3v) is 5.24. The molecule has 6 heteroatoms. The maximum Gasteiger partial charge on any atom is 0.227 e. The van der Waals surface area contributed by atoms with Crippen LogP contribution in [0.3, 0.4) is 0 Å². The van der Waals surface area contributed by atoms with Gasteiger partial charge in [-0.2, -0.15) is 0 Å². The molecule has 27 heavy (non-hydrogen) atoms. The molecule has 2 fully saturated rings. The van der Waals surface area contributed by atoms with Crippen LogP contribution in [0, 0.1) is 5.92 Å². The molecule has 1 aromatic carbocycles. The van der Waals surface area contributed by atoms with Gasteiger partial charge in [-0.05, 0) is 24.8 Å². The minimum atomic E-state index is -0.0601. The standard InChI is InChI=1S/C21H30N2O4/c24-20(9-5-13-27-17-18-6-2-1-3-7-18)23-10-4-8-19(16-23)21(25)22-11-14-26-15-12-22/h1-3,6-7,19H,4-5,8-17H2/t19-/m1/s1. The zero-order chi connectivity index (χ0) is 18.9. The lowest BCUT2D eigenvalue weighted by molar-refractivity contribution is -0.144. The highest BCUT2D eigenvalue weighted by Crippen LogP contribution is 2.20. The first-order chi connectivity index (χ1) is 13.2. The van der Waals surface area contributed by atoms with Crippen molar-refractivity contribution in [1.82, 2.24) is 9.80 Å². The first kappa shape index (κ1) is 19.8. The van der Waals surface area contributed by atoms with Crippen molar-refractivity contribution in [2.45, 2.75) is 32.3 Å². The molecule has 6 nitrogen and oxygen atoms in total. The normalized spacial score (nSPS) is 20.5. The minimum absolute atomic E-state index is 0.0601. The average molecular weight is 374 g/mol. The predicted octanol–water partition coefficient (Wildman–Crippen LogP) is 2.08. The summed E-state index contributed by atoms with van der Waals surface area (Å²) in [7, 11) is 0. The van der Waals surface area contributed by atoms with Crippen molar-refractivity contribution in [3.05, 3.63) is 35.9 Å². The SMILES string of the molecule is O=C(CCCOCc1ccccc1)N1CCC[C@@H](C(=O)N2CCOCC2)C1. The number of amides is 2.